The van der Waals surface area contributed by atoms with Crippen LogP contribution in [0.4, 0.5) is 0 Å². The molecular formula is C27H34ClN3O2. The van der Waals surface area contributed by atoms with Crippen LogP contribution in [0.25, 0.3) is 10.9 Å². The minimum absolute atomic E-state index is 0.0224. The summed E-state index contributed by atoms with van der Waals surface area (Å²) in [6.45, 7) is 3.50. The van der Waals surface area contributed by atoms with Crippen LogP contribution in [0, 0.1) is 5.41 Å². The van der Waals surface area contributed by atoms with Gasteiger partial charge in [0.25, 0.3) is 0 Å². The van der Waals surface area contributed by atoms with Crippen LogP contribution in [0.1, 0.15) is 43.2 Å². The Kier molecular flexibility index (Phi) is 8.18. The van der Waals surface area contributed by atoms with Crippen molar-refractivity contribution in [2.24, 2.45) is 5.41 Å². The number of rotatable bonds is 10. The molecule has 2 aromatic heterocycles. The Labute approximate surface area is 201 Å². The molecule has 33 heavy (non-hydrogen) atoms. The van der Waals surface area contributed by atoms with Crippen LogP contribution in [0.3, 0.4) is 0 Å². The Hall–Kier alpha value is -2.21. The third kappa shape index (κ3) is 6.03. The number of benzene rings is 1. The van der Waals surface area contributed by atoms with Gasteiger partial charge in [-0.15, -0.1) is 0 Å². The van der Waals surface area contributed by atoms with Crippen LogP contribution >= 0.6 is 11.6 Å². The maximum Gasteiger partial charge on any atom is 0.119 e. The number of pyridine rings is 2. The number of hydrogen-bond acceptors (Lipinski definition) is 5. The average Bonchev–Trinajstić information content (AvgIpc) is 2.86. The quantitative estimate of drug-likeness (QED) is 0.437. The molecule has 1 aliphatic heterocycles. The number of aromatic nitrogens is 2. The van der Waals surface area contributed by atoms with Crippen molar-refractivity contribution in [3.8, 4) is 5.75 Å². The summed E-state index contributed by atoms with van der Waals surface area (Å²) in [5.74, 6) is 0.816. The largest absolute Gasteiger partial charge is 0.497 e. The van der Waals surface area contributed by atoms with Gasteiger partial charge in [0.15, 0.2) is 0 Å². The van der Waals surface area contributed by atoms with E-state index in [0.717, 1.165) is 86.8 Å². The molecule has 6 heteroatoms. The van der Waals surface area contributed by atoms with Gasteiger partial charge in [0.2, 0.25) is 0 Å². The highest BCUT2D eigenvalue weighted by Gasteiger charge is 2.33. The lowest BCUT2D eigenvalue weighted by Gasteiger charge is -2.41. The Balaban J connectivity index is 1.30. The molecule has 0 amide bonds. The molecule has 0 atom stereocenters. The summed E-state index contributed by atoms with van der Waals surface area (Å²) in [7, 11) is 1.68. The topological polar surface area (TPSA) is 58.5 Å². The van der Waals surface area contributed by atoms with Crippen LogP contribution in [-0.2, 0) is 12.8 Å². The lowest BCUT2D eigenvalue weighted by Crippen LogP contribution is -2.42. The number of aliphatic hydroxyl groups is 1. The fourth-order valence-electron chi connectivity index (χ4n) is 5.02. The predicted octanol–water partition coefficient (Wildman–Crippen LogP) is 5.32. The Bertz CT molecular complexity index is 1040. The first-order chi connectivity index (χ1) is 16.1. The highest BCUT2D eigenvalue weighted by molar-refractivity contribution is 6.32. The van der Waals surface area contributed by atoms with E-state index in [-0.39, 0.29) is 12.0 Å². The molecule has 0 unspecified atom stereocenters. The average molecular weight is 468 g/mol. The number of fused-ring (bicyclic) bond motifs is 1. The van der Waals surface area contributed by atoms with Gasteiger partial charge in [-0.05, 0) is 111 Å². The molecule has 0 spiro atoms. The van der Waals surface area contributed by atoms with Gasteiger partial charge in [0.1, 0.15) is 5.75 Å². The Morgan fingerprint density at radius 3 is 2.61 bits per heavy atom. The van der Waals surface area contributed by atoms with E-state index < -0.39 is 0 Å². The van der Waals surface area contributed by atoms with Crippen molar-refractivity contribution in [1.29, 1.82) is 0 Å². The van der Waals surface area contributed by atoms with Crippen LogP contribution in [0.2, 0.25) is 5.02 Å². The molecule has 4 rings (SSSR count). The SMILES string of the molecule is COc1ccc2ncc(Cl)c(CCCC3(CO)CCN(CCCc4ccncc4)CC3)c2c1. The normalized spacial score (nSPS) is 16.2. The summed E-state index contributed by atoms with van der Waals surface area (Å²) >= 11 is 6.54. The summed E-state index contributed by atoms with van der Waals surface area (Å²) in [4.78, 5) is 11.1. The molecule has 1 N–H and O–H groups in total. The minimum atomic E-state index is 0.0224. The van der Waals surface area contributed by atoms with E-state index in [1.807, 2.05) is 30.6 Å². The predicted molar refractivity (Wildman–Crippen MR) is 134 cm³/mol. The Morgan fingerprint density at radius 1 is 1.09 bits per heavy atom. The molecule has 1 saturated heterocycles. The van der Waals surface area contributed by atoms with Gasteiger partial charge in [-0.2, -0.15) is 0 Å². The highest BCUT2D eigenvalue weighted by Crippen LogP contribution is 2.37. The van der Waals surface area contributed by atoms with Gasteiger partial charge in [0.05, 0.1) is 17.6 Å². The van der Waals surface area contributed by atoms with Crippen LogP contribution in [0.15, 0.2) is 48.9 Å². The molecular weight excluding hydrogens is 434 g/mol. The monoisotopic (exact) mass is 467 g/mol. The maximum absolute atomic E-state index is 10.3. The molecule has 1 aromatic carbocycles. The van der Waals surface area contributed by atoms with Crippen molar-refractivity contribution in [2.45, 2.75) is 44.9 Å². The molecule has 0 aliphatic carbocycles. The zero-order valence-electron chi connectivity index (χ0n) is 19.5. The summed E-state index contributed by atoms with van der Waals surface area (Å²) in [6.07, 6.45) is 12.7. The molecule has 0 bridgehead atoms. The van der Waals surface area contributed by atoms with E-state index in [9.17, 15) is 5.11 Å². The summed E-state index contributed by atoms with van der Waals surface area (Å²) in [5, 5.41) is 12.0. The third-order valence-electron chi connectivity index (χ3n) is 7.21. The first-order valence-corrected chi connectivity index (χ1v) is 12.3. The number of aliphatic hydroxyl groups excluding tert-OH is 1. The molecule has 5 nitrogen and oxygen atoms in total. The number of ether oxygens (including phenoxy) is 1. The lowest BCUT2D eigenvalue weighted by atomic mass is 9.75. The second-order valence-corrected chi connectivity index (χ2v) is 9.69. The van der Waals surface area contributed by atoms with Gasteiger partial charge in [-0.25, -0.2) is 0 Å². The second kappa shape index (κ2) is 11.3. The molecule has 1 aliphatic rings. The van der Waals surface area contributed by atoms with Gasteiger partial charge in [0, 0.05) is 30.6 Å². The van der Waals surface area contributed by atoms with E-state index in [1.165, 1.54) is 5.56 Å². The number of halogens is 1. The first-order valence-electron chi connectivity index (χ1n) is 12.0. The zero-order chi connectivity index (χ0) is 23.1. The Morgan fingerprint density at radius 2 is 1.88 bits per heavy atom. The van der Waals surface area contributed by atoms with Crippen molar-refractivity contribution in [3.63, 3.8) is 0 Å². The smallest absolute Gasteiger partial charge is 0.119 e. The molecule has 0 radical (unpaired) electrons. The third-order valence-corrected chi connectivity index (χ3v) is 7.53. The van der Waals surface area contributed by atoms with E-state index in [1.54, 1.807) is 13.3 Å². The molecule has 3 aromatic rings. The minimum Gasteiger partial charge on any atom is -0.497 e. The molecule has 3 heterocycles. The first kappa shape index (κ1) is 23.9. The highest BCUT2D eigenvalue weighted by atomic mass is 35.5. The maximum atomic E-state index is 10.3. The van der Waals surface area contributed by atoms with Crippen LogP contribution in [0.5, 0.6) is 5.75 Å². The summed E-state index contributed by atoms with van der Waals surface area (Å²) in [6, 6.07) is 10.1. The number of likely N-dealkylation sites (tertiary alicyclic amines) is 1. The van der Waals surface area contributed by atoms with Crippen molar-refractivity contribution in [3.05, 3.63) is 65.1 Å². The van der Waals surface area contributed by atoms with Gasteiger partial charge in [-0.3, -0.25) is 9.97 Å². The lowest BCUT2D eigenvalue weighted by molar-refractivity contribution is 0.0353. The summed E-state index contributed by atoms with van der Waals surface area (Å²) < 4.78 is 5.40. The van der Waals surface area contributed by atoms with Gasteiger partial charge in [-0.1, -0.05) is 11.6 Å². The number of methoxy groups -OCH3 is 1. The van der Waals surface area contributed by atoms with Crippen molar-refractivity contribution in [1.82, 2.24) is 14.9 Å². The molecule has 0 saturated carbocycles. The van der Waals surface area contributed by atoms with E-state index in [0.29, 0.717) is 5.02 Å². The fourth-order valence-corrected chi connectivity index (χ4v) is 5.26. The fraction of sp³-hybridized carbons (Fsp3) is 0.481. The molecule has 176 valence electrons. The van der Waals surface area contributed by atoms with E-state index >= 15 is 0 Å². The van der Waals surface area contributed by atoms with Gasteiger partial charge < -0.3 is 14.7 Å². The number of nitrogens with zero attached hydrogens (tertiary/aromatic N) is 3. The van der Waals surface area contributed by atoms with Crippen molar-refractivity contribution < 1.29 is 9.84 Å². The van der Waals surface area contributed by atoms with Crippen molar-refractivity contribution >= 4 is 22.5 Å². The molecule has 1 fully saturated rings. The van der Waals surface area contributed by atoms with Crippen molar-refractivity contribution in [2.75, 3.05) is 33.4 Å². The number of piperidine rings is 1. The zero-order valence-corrected chi connectivity index (χ0v) is 20.2. The standard InChI is InChI=1S/C27H34ClN3O2/c1-33-22-6-7-26-24(18-22)23(25(28)19-30-26)5-2-10-27(20-32)11-16-31(17-12-27)15-3-4-21-8-13-29-14-9-21/h6-9,13-14,18-19,32H,2-5,10-12,15-17,20H2,1H3. The number of aryl methyl sites for hydroxylation is 2. The summed E-state index contributed by atoms with van der Waals surface area (Å²) in [5.41, 5.74) is 3.44. The van der Waals surface area contributed by atoms with Crippen LogP contribution < -0.4 is 4.74 Å². The van der Waals surface area contributed by atoms with Gasteiger partial charge >= 0.3 is 0 Å². The van der Waals surface area contributed by atoms with E-state index in [2.05, 4.69) is 27.0 Å². The van der Waals surface area contributed by atoms with E-state index in [4.69, 9.17) is 16.3 Å². The van der Waals surface area contributed by atoms with Crippen LogP contribution in [-0.4, -0.2) is 53.3 Å². The second-order valence-electron chi connectivity index (χ2n) is 9.28. The number of hydrogen-bond donors (Lipinski definition) is 1.